The topological polar surface area (TPSA) is 43.1 Å². The Labute approximate surface area is 74.5 Å². The Morgan fingerprint density at radius 2 is 2.08 bits per heavy atom. The predicted molar refractivity (Wildman–Crippen MR) is 49.8 cm³/mol. The van der Waals surface area contributed by atoms with Gasteiger partial charge in [-0.1, -0.05) is 13.8 Å². The van der Waals surface area contributed by atoms with Gasteiger partial charge in [-0.15, -0.1) is 0 Å². The molecule has 0 radical (unpaired) electrons. The van der Waals surface area contributed by atoms with Gasteiger partial charge in [-0.3, -0.25) is 4.79 Å². The molecule has 0 heterocycles. The summed E-state index contributed by atoms with van der Waals surface area (Å²) in [6, 6.07) is 0. The molecular formula is C10H19NO. The number of Topliss-reactive ketones (excluding diaryl/α,β-unsaturated/α-hetero) is 1. The summed E-state index contributed by atoms with van der Waals surface area (Å²) in [7, 11) is 0. The summed E-state index contributed by atoms with van der Waals surface area (Å²) >= 11 is 0. The first kappa shape index (κ1) is 9.72. The Kier molecular flexibility index (Phi) is 2.89. The van der Waals surface area contributed by atoms with E-state index in [2.05, 4.69) is 13.8 Å². The van der Waals surface area contributed by atoms with Crippen molar-refractivity contribution in [2.24, 2.45) is 11.7 Å². The summed E-state index contributed by atoms with van der Waals surface area (Å²) in [5.74, 6) is 0.889. The average molecular weight is 169 g/mol. The molecule has 0 atom stereocenters. The van der Waals surface area contributed by atoms with E-state index in [4.69, 9.17) is 5.73 Å². The molecule has 0 bridgehead atoms. The monoisotopic (exact) mass is 169 g/mol. The molecule has 0 unspecified atom stereocenters. The van der Waals surface area contributed by atoms with Crippen molar-refractivity contribution in [1.29, 1.82) is 0 Å². The lowest BCUT2D eigenvalue weighted by molar-refractivity contribution is -0.127. The van der Waals surface area contributed by atoms with Crippen molar-refractivity contribution in [1.82, 2.24) is 0 Å². The van der Waals surface area contributed by atoms with Crippen molar-refractivity contribution >= 4 is 5.78 Å². The van der Waals surface area contributed by atoms with Crippen molar-refractivity contribution in [2.45, 2.75) is 51.5 Å². The molecule has 2 N–H and O–H groups in total. The van der Waals surface area contributed by atoms with Crippen LogP contribution < -0.4 is 5.73 Å². The highest BCUT2D eigenvalue weighted by molar-refractivity contribution is 5.89. The van der Waals surface area contributed by atoms with E-state index < -0.39 is 5.54 Å². The van der Waals surface area contributed by atoms with Crippen LogP contribution in [-0.2, 0) is 4.79 Å². The van der Waals surface area contributed by atoms with Crippen LogP contribution in [0.2, 0.25) is 0 Å². The van der Waals surface area contributed by atoms with Crippen LogP contribution in [0.1, 0.15) is 46.0 Å². The third-order valence-corrected chi connectivity index (χ3v) is 2.75. The van der Waals surface area contributed by atoms with Gasteiger partial charge in [0.15, 0.2) is 5.78 Å². The number of hydrogen-bond donors (Lipinski definition) is 1. The Bertz CT molecular complexity index is 171. The van der Waals surface area contributed by atoms with Gasteiger partial charge in [0.2, 0.25) is 0 Å². The molecule has 0 aliphatic heterocycles. The zero-order valence-electron chi connectivity index (χ0n) is 8.10. The third kappa shape index (κ3) is 2.07. The highest BCUT2D eigenvalue weighted by Gasteiger charge is 2.38. The number of carbonyl (C=O) groups is 1. The second kappa shape index (κ2) is 3.56. The number of ketones is 1. The smallest absolute Gasteiger partial charge is 0.152 e. The van der Waals surface area contributed by atoms with E-state index in [1.807, 2.05) is 0 Å². The van der Waals surface area contributed by atoms with E-state index in [1.54, 1.807) is 0 Å². The maximum atomic E-state index is 11.5. The quantitative estimate of drug-likeness (QED) is 0.698. The minimum absolute atomic E-state index is 0.280. The molecule has 2 heteroatoms. The molecule has 0 amide bonds. The normalized spacial score (nSPS) is 20.7. The molecular weight excluding hydrogens is 150 g/mol. The van der Waals surface area contributed by atoms with Gasteiger partial charge >= 0.3 is 0 Å². The summed E-state index contributed by atoms with van der Waals surface area (Å²) in [6.07, 6.45) is 4.60. The number of carbonyl (C=O) groups excluding carboxylic acids is 1. The Balaban J connectivity index is 2.28. The summed E-state index contributed by atoms with van der Waals surface area (Å²) in [4.78, 5) is 11.5. The van der Waals surface area contributed by atoms with Crippen LogP contribution in [0.5, 0.6) is 0 Å². The van der Waals surface area contributed by atoms with Crippen LogP contribution in [0.4, 0.5) is 0 Å². The lowest BCUT2D eigenvalue weighted by atomic mass is 9.73. The molecule has 0 aromatic heterocycles. The molecule has 0 spiro atoms. The SMILES string of the molecule is CC(C)CCC(=O)C1(N)CCC1. The van der Waals surface area contributed by atoms with E-state index in [0.29, 0.717) is 12.3 Å². The van der Waals surface area contributed by atoms with Crippen LogP contribution in [0.15, 0.2) is 0 Å². The van der Waals surface area contributed by atoms with Crippen LogP contribution >= 0.6 is 0 Å². The highest BCUT2D eigenvalue weighted by atomic mass is 16.1. The maximum Gasteiger partial charge on any atom is 0.152 e. The number of rotatable bonds is 4. The van der Waals surface area contributed by atoms with Crippen molar-refractivity contribution in [2.75, 3.05) is 0 Å². The average Bonchev–Trinajstić information content (AvgIpc) is 1.95. The Morgan fingerprint density at radius 3 is 2.42 bits per heavy atom. The fourth-order valence-electron chi connectivity index (χ4n) is 1.51. The Morgan fingerprint density at radius 1 is 1.50 bits per heavy atom. The van der Waals surface area contributed by atoms with Gasteiger partial charge < -0.3 is 5.73 Å². The number of nitrogens with two attached hydrogens (primary N) is 1. The second-order valence-electron chi connectivity index (χ2n) is 4.37. The maximum absolute atomic E-state index is 11.5. The van der Waals surface area contributed by atoms with Gasteiger partial charge in [-0.25, -0.2) is 0 Å². The number of hydrogen-bond acceptors (Lipinski definition) is 2. The fraction of sp³-hybridized carbons (Fsp3) is 0.900. The van der Waals surface area contributed by atoms with Crippen molar-refractivity contribution in [3.8, 4) is 0 Å². The Hall–Kier alpha value is -0.370. The molecule has 0 aromatic rings. The van der Waals surface area contributed by atoms with Crippen LogP contribution in [0, 0.1) is 5.92 Å². The van der Waals surface area contributed by atoms with Crippen LogP contribution in [0.3, 0.4) is 0 Å². The summed E-state index contributed by atoms with van der Waals surface area (Å²) in [5, 5.41) is 0. The van der Waals surface area contributed by atoms with E-state index in [0.717, 1.165) is 25.7 Å². The molecule has 1 aliphatic carbocycles. The zero-order chi connectivity index (χ0) is 9.19. The molecule has 1 fully saturated rings. The molecule has 70 valence electrons. The second-order valence-corrected chi connectivity index (χ2v) is 4.37. The van der Waals surface area contributed by atoms with Crippen LogP contribution in [0.25, 0.3) is 0 Å². The van der Waals surface area contributed by atoms with Gasteiger partial charge in [0.25, 0.3) is 0 Å². The lowest BCUT2D eigenvalue weighted by Crippen LogP contribution is -2.53. The first-order valence-electron chi connectivity index (χ1n) is 4.87. The molecule has 1 saturated carbocycles. The first-order chi connectivity index (χ1) is 5.54. The molecule has 0 aromatic carbocycles. The minimum atomic E-state index is -0.422. The minimum Gasteiger partial charge on any atom is -0.319 e. The molecule has 12 heavy (non-hydrogen) atoms. The van der Waals surface area contributed by atoms with E-state index >= 15 is 0 Å². The van der Waals surface area contributed by atoms with E-state index in [1.165, 1.54) is 0 Å². The van der Waals surface area contributed by atoms with Gasteiger partial charge in [0.05, 0.1) is 5.54 Å². The lowest BCUT2D eigenvalue weighted by Gasteiger charge is -2.36. The summed E-state index contributed by atoms with van der Waals surface area (Å²) < 4.78 is 0. The molecule has 1 aliphatic rings. The van der Waals surface area contributed by atoms with Gasteiger partial charge in [-0.2, -0.15) is 0 Å². The fourth-order valence-corrected chi connectivity index (χ4v) is 1.51. The largest absolute Gasteiger partial charge is 0.319 e. The van der Waals surface area contributed by atoms with E-state index in [-0.39, 0.29) is 5.78 Å². The summed E-state index contributed by atoms with van der Waals surface area (Å²) in [5.41, 5.74) is 5.46. The van der Waals surface area contributed by atoms with Gasteiger partial charge in [0, 0.05) is 6.42 Å². The summed E-state index contributed by atoms with van der Waals surface area (Å²) in [6.45, 7) is 4.27. The van der Waals surface area contributed by atoms with Crippen LogP contribution in [-0.4, -0.2) is 11.3 Å². The van der Waals surface area contributed by atoms with Crippen molar-refractivity contribution in [3.05, 3.63) is 0 Å². The third-order valence-electron chi connectivity index (χ3n) is 2.75. The zero-order valence-corrected chi connectivity index (χ0v) is 8.10. The molecule has 1 rings (SSSR count). The van der Waals surface area contributed by atoms with E-state index in [9.17, 15) is 4.79 Å². The molecule has 2 nitrogen and oxygen atoms in total. The standard InChI is InChI=1S/C10H19NO/c1-8(2)4-5-9(12)10(11)6-3-7-10/h8H,3-7,11H2,1-2H3. The highest BCUT2D eigenvalue weighted by Crippen LogP contribution is 2.31. The van der Waals surface area contributed by atoms with Gasteiger partial charge in [0.1, 0.15) is 0 Å². The van der Waals surface area contributed by atoms with Crippen molar-refractivity contribution < 1.29 is 4.79 Å². The predicted octanol–water partition coefficient (Wildman–Crippen LogP) is 1.87. The van der Waals surface area contributed by atoms with Gasteiger partial charge in [-0.05, 0) is 31.6 Å². The molecule has 0 saturated heterocycles. The first-order valence-corrected chi connectivity index (χ1v) is 4.87. The van der Waals surface area contributed by atoms with Crippen molar-refractivity contribution in [3.63, 3.8) is 0 Å².